The van der Waals surface area contributed by atoms with Gasteiger partial charge in [0.1, 0.15) is 5.75 Å². The van der Waals surface area contributed by atoms with Crippen LogP contribution in [0.3, 0.4) is 0 Å². The number of benzene rings is 1. The largest absolute Gasteiger partial charge is 0.497 e. The Morgan fingerprint density at radius 3 is 2.50 bits per heavy atom. The van der Waals surface area contributed by atoms with Gasteiger partial charge in [-0.1, -0.05) is 12.8 Å². The van der Waals surface area contributed by atoms with Gasteiger partial charge in [0.15, 0.2) is 0 Å². The summed E-state index contributed by atoms with van der Waals surface area (Å²) >= 11 is 1.66. The second-order valence-electron chi connectivity index (χ2n) is 6.12. The lowest BCUT2D eigenvalue weighted by molar-refractivity contribution is 0.332. The highest BCUT2D eigenvalue weighted by atomic mass is 32.2. The van der Waals surface area contributed by atoms with Gasteiger partial charge in [0.05, 0.1) is 18.0 Å². The van der Waals surface area contributed by atoms with E-state index in [9.17, 15) is 8.42 Å². The number of ether oxygens (including phenoxy) is 1. The van der Waals surface area contributed by atoms with Crippen LogP contribution in [0.2, 0.25) is 0 Å². The summed E-state index contributed by atoms with van der Waals surface area (Å²) in [7, 11) is -1.94. The summed E-state index contributed by atoms with van der Waals surface area (Å²) in [4.78, 5) is 1.51. The van der Waals surface area contributed by atoms with Gasteiger partial charge in [-0.3, -0.25) is 0 Å². The van der Waals surface area contributed by atoms with Crippen LogP contribution in [0.15, 0.2) is 40.6 Å². The number of hydrogen-bond acceptors (Lipinski definition) is 4. The van der Waals surface area contributed by atoms with Crippen LogP contribution in [-0.4, -0.2) is 26.4 Å². The molecule has 6 heteroatoms. The molecule has 0 amide bonds. The second kappa shape index (κ2) is 7.25. The van der Waals surface area contributed by atoms with Crippen molar-refractivity contribution in [1.29, 1.82) is 0 Å². The average Bonchev–Trinajstić information content (AvgIpc) is 2.86. The Morgan fingerprint density at radius 1 is 1.12 bits per heavy atom. The third kappa shape index (κ3) is 3.36. The lowest BCUT2D eigenvalue weighted by Gasteiger charge is -2.29. The van der Waals surface area contributed by atoms with Crippen molar-refractivity contribution < 1.29 is 13.2 Å². The van der Waals surface area contributed by atoms with Crippen molar-refractivity contribution in [2.45, 2.75) is 43.5 Å². The Hall–Kier alpha value is -1.37. The number of nitrogens with zero attached hydrogens (tertiary/aromatic N) is 1. The van der Waals surface area contributed by atoms with E-state index < -0.39 is 10.0 Å². The SMILES string of the molecule is COc1ccc(S(=O)(=O)N2CCCCCC2c2sccc2C)cc1. The molecule has 0 aliphatic carbocycles. The molecule has 1 aliphatic rings. The summed E-state index contributed by atoms with van der Waals surface area (Å²) in [5.41, 5.74) is 1.18. The fourth-order valence-corrected chi connectivity index (χ4v) is 6.05. The highest BCUT2D eigenvalue weighted by Gasteiger charge is 2.34. The van der Waals surface area contributed by atoms with E-state index in [4.69, 9.17) is 4.74 Å². The molecule has 1 atom stereocenters. The minimum atomic E-state index is -3.52. The molecule has 1 aliphatic heterocycles. The van der Waals surface area contributed by atoms with E-state index >= 15 is 0 Å². The first kappa shape index (κ1) is 17.5. The van der Waals surface area contributed by atoms with Crippen molar-refractivity contribution >= 4 is 21.4 Å². The number of aryl methyl sites for hydroxylation is 1. The van der Waals surface area contributed by atoms with Crippen molar-refractivity contribution in [3.63, 3.8) is 0 Å². The average molecular weight is 366 g/mol. The molecule has 1 unspecified atom stereocenters. The third-order valence-corrected chi connectivity index (χ3v) is 7.62. The van der Waals surface area contributed by atoms with Gasteiger partial charge in [0.25, 0.3) is 0 Å². The van der Waals surface area contributed by atoms with Gasteiger partial charge in [-0.25, -0.2) is 8.42 Å². The first-order valence-electron chi connectivity index (χ1n) is 8.24. The van der Waals surface area contributed by atoms with Crippen molar-refractivity contribution in [3.8, 4) is 5.75 Å². The fraction of sp³-hybridized carbons (Fsp3) is 0.444. The van der Waals surface area contributed by atoms with Crippen LogP contribution in [0.1, 0.15) is 42.2 Å². The molecule has 0 saturated carbocycles. The number of sulfonamides is 1. The molecular formula is C18H23NO3S2. The maximum atomic E-state index is 13.2. The molecule has 24 heavy (non-hydrogen) atoms. The third-order valence-electron chi connectivity index (χ3n) is 4.57. The van der Waals surface area contributed by atoms with E-state index in [2.05, 4.69) is 13.0 Å². The van der Waals surface area contributed by atoms with Crippen molar-refractivity contribution in [2.24, 2.45) is 0 Å². The molecule has 0 N–H and O–H groups in total. The van der Waals surface area contributed by atoms with Crippen LogP contribution in [-0.2, 0) is 10.0 Å². The van der Waals surface area contributed by atoms with Gasteiger partial charge in [-0.05, 0) is 61.0 Å². The quantitative estimate of drug-likeness (QED) is 0.808. The summed E-state index contributed by atoms with van der Waals surface area (Å²) in [5.74, 6) is 0.662. The molecule has 2 aromatic rings. The Balaban J connectivity index is 1.99. The summed E-state index contributed by atoms with van der Waals surface area (Å²) in [6.07, 6.45) is 3.94. The van der Waals surface area contributed by atoms with Crippen LogP contribution in [0.4, 0.5) is 0 Å². The summed E-state index contributed by atoms with van der Waals surface area (Å²) in [6, 6.07) is 8.70. The lowest BCUT2D eigenvalue weighted by Crippen LogP contribution is -2.34. The number of methoxy groups -OCH3 is 1. The highest BCUT2D eigenvalue weighted by molar-refractivity contribution is 7.89. The maximum absolute atomic E-state index is 13.2. The molecule has 2 heterocycles. The Labute approximate surface area is 148 Å². The van der Waals surface area contributed by atoms with Gasteiger partial charge < -0.3 is 4.74 Å². The van der Waals surface area contributed by atoms with E-state index in [1.165, 1.54) is 10.4 Å². The summed E-state index contributed by atoms with van der Waals surface area (Å²) < 4.78 is 33.3. The zero-order valence-corrected chi connectivity index (χ0v) is 15.7. The van der Waals surface area contributed by atoms with E-state index in [1.54, 1.807) is 47.0 Å². The monoisotopic (exact) mass is 365 g/mol. The van der Waals surface area contributed by atoms with Gasteiger partial charge in [-0.15, -0.1) is 11.3 Å². The number of hydrogen-bond donors (Lipinski definition) is 0. The van der Waals surface area contributed by atoms with Gasteiger partial charge in [0, 0.05) is 11.4 Å². The van der Waals surface area contributed by atoms with Crippen LogP contribution in [0.5, 0.6) is 5.75 Å². The molecule has 0 radical (unpaired) electrons. The second-order valence-corrected chi connectivity index (χ2v) is 8.96. The molecule has 4 nitrogen and oxygen atoms in total. The Kier molecular flexibility index (Phi) is 5.27. The predicted octanol–water partition coefficient (Wildman–Crippen LogP) is 4.37. The topological polar surface area (TPSA) is 46.6 Å². The van der Waals surface area contributed by atoms with E-state index in [0.29, 0.717) is 17.2 Å². The Bertz CT molecular complexity index is 781. The molecule has 1 aromatic carbocycles. The van der Waals surface area contributed by atoms with Crippen LogP contribution in [0.25, 0.3) is 0 Å². The normalized spacial score (nSPS) is 19.8. The molecule has 1 aromatic heterocycles. The van der Waals surface area contributed by atoms with E-state index in [0.717, 1.165) is 25.7 Å². The van der Waals surface area contributed by atoms with E-state index in [1.807, 2.05) is 5.38 Å². The molecule has 0 spiro atoms. The first-order valence-corrected chi connectivity index (χ1v) is 10.6. The lowest BCUT2D eigenvalue weighted by atomic mass is 10.1. The zero-order valence-electron chi connectivity index (χ0n) is 14.1. The number of rotatable bonds is 4. The minimum absolute atomic E-state index is 0.0559. The molecule has 1 fully saturated rings. The van der Waals surface area contributed by atoms with Crippen LogP contribution < -0.4 is 4.74 Å². The van der Waals surface area contributed by atoms with Gasteiger partial charge in [0.2, 0.25) is 10.0 Å². The molecular weight excluding hydrogens is 342 g/mol. The first-order chi connectivity index (χ1) is 11.5. The van der Waals surface area contributed by atoms with Crippen molar-refractivity contribution in [1.82, 2.24) is 4.31 Å². The summed E-state index contributed by atoms with van der Waals surface area (Å²) in [6.45, 7) is 2.64. The standard InChI is InChI=1S/C18H23NO3S2/c1-14-11-13-23-18(14)17-6-4-3-5-12-19(17)24(20,21)16-9-7-15(22-2)8-10-16/h7-11,13,17H,3-6,12H2,1-2H3. The smallest absolute Gasteiger partial charge is 0.243 e. The molecule has 3 rings (SSSR count). The van der Waals surface area contributed by atoms with Gasteiger partial charge >= 0.3 is 0 Å². The minimum Gasteiger partial charge on any atom is -0.497 e. The van der Waals surface area contributed by atoms with Crippen LogP contribution in [0, 0.1) is 6.92 Å². The van der Waals surface area contributed by atoms with Crippen LogP contribution >= 0.6 is 11.3 Å². The molecule has 1 saturated heterocycles. The van der Waals surface area contributed by atoms with E-state index in [-0.39, 0.29) is 6.04 Å². The highest BCUT2D eigenvalue weighted by Crippen LogP contribution is 2.38. The van der Waals surface area contributed by atoms with Gasteiger partial charge in [-0.2, -0.15) is 4.31 Å². The van der Waals surface area contributed by atoms with Crippen molar-refractivity contribution in [2.75, 3.05) is 13.7 Å². The molecule has 0 bridgehead atoms. The Morgan fingerprint density at radius 2 is 1.88 bits per heavy atom. The number of thiophene rings is 1. The van der Waals surface area contributed by atoms with Crippen molar-refractivity contribution in [3.05, 3.63) is 46.2 Å². The maximum Gasteiger partial charge on any atom is 0.243 e. The zero-order chi connectivity index (χ0) is 17.2. The molecule has 130 valence electrons. The summed E-state index contributed by atoms with van der Waals surface area (Å²) in [5, 5.41) is 2.05. The predicted molar refractivity (Wildman–Crippen MR) is 97.2 cm³/mol. The fourth-order valence-electron chi connectivity index (χ4n) is 3.24.